The first-order chi connectivity index (χ1) is 15.1. The van der Waals surface area contributed by atoms with Crippen LogP contribution in [0.5, 0.6) is 0 Å². The number of nitrogens with one attached hydrogen (secondary N) is 3. The Hall–Kier alpha value is -2.12. The number of fused-ring (bicyclic) bond motifs is 1. The molecule has 1 aromatic heterocycles. The Morgan fingerprint density at radius 1 is 0.935 bits per heavy atom. The Balaban J connectivity index is 1.00. The summed E-state index contributed by atoms with van der Waals surface area (Å²) in [5, 5.41) is 17.8. The monoisotopic (exact) mass is 428 g/mol. The van der Waals surface area contributed by atoms with Crippen molar-refractivity contribution in [1.82, 2.24) is 30.7 Å². The van der Waals surface area contributed by atoms with Crippen molar-refractivity contribution in [2.45, 2.75) is 89.1 Å². The van der Waals surface area contributed by atoms with Gasteiger partial charge in [-0.15, -0.1) is 10.2 Å². The molecule has 0 radical (unpaired) electrons. The summed E-state index contributed by atoms with van der Waals surface area (Å²) in [7, 11) is 0. The van der Waals surface area contributed by atoms with E-state index in [2.05, 4.69) is 30.7 Å². The van der Waals surface area contributed by atoms with E-state index in [0.29, 0.717) is 25.9 Å². The van der Waals surface area contributed by atoms with Crippen LogP contribution in [0.3, 0.4) is 0 Å². The van der Waals surface area contributed by atoms with E-state index in [-0.39, 0.29) is 17.5 Å². The van der Waals surface area contributed by atoms with Gasteiger partial charge in [0.15, 0.2) is 0 Å². The maximum absolute atomic E-state index is 12.5. The highest BCUT2D eigenvalue weighted by Gasteiger charge is 2.51. The number of nitrogens with zero attached hydrogens (tertiary/aromatic N) is 3. The highest BCUT2D eigenvalue weighted by Crippen LogP contribution is 2.55. The molecule has 170 valence electrons. The molecule has 5 aliphatic rings. The molecule has 8 nitrogen and oxygen atoms in total. The summed E-state index contributed by atoms with van der Waals surface area (Å²) < 4.78 is 2.22. The lowest BCUT2D eigenvalue weighted by molar-refractivity contribution is -0.120. The highest BCUT2D eigenvalue weighted by atomic mass is 16.2. The Morgan fingerprint density at radius 3 is 2.42 bits per heavy atom. The van der Waals surface area contributed by atoms with Gasteiger partial charge in [-0.3, -0.25) is 4.79 Å². The predicted molar refractivity (Wildman–Crippen MR) is 116 cm³/mol. The number of aryl methyl sites for hydroxylation is 1. The Bertz CT molecular complexity index is 784. The van der Waals surface area contributed by atoms with E-state index in [4.69, 9.17) is 0 Å². The number of rotatable bonds is 7. The van der Waals surface area contributed by atoms with Crippen molar-refractivity contribution in [2.75, 3.05) is 13.1 Å². The summed E-state index contributed by atoms with van der Waals surface area (Å²) in [6, 6.07) is -0.110. The lowest BCUT2D eigenvalue weighted by atomic mass is 9.53. The van der Waals surface area contributed by atoms with Crippen LogP contribution < -0.4 is 16.0 Å². The van der Waals surface area contributed by atoms with Gasteiger partial charge in [-0.2, -0.15) is 0 Å². The summed E-state index contributed by atoms with van der Waals surface area (Å²) in [6.45, 7) is 1.90. The molecule has 0 saturated heterocycles. The topological polar surface area (TPSA) is 101 Å². The van der Waals surface area contributed by atoms with Crippen molar-refractivity contribution in [3.05, 3.63) is 11.6 Å². The van der Waals surface area contributed by atoms with Crippen LogP contribution in [0.2, 0.25) is 0 Å². The third-order valence-electron chi connectivity index (χ3n) is 7.91. The number of carbonyl (C=O) groups is 2. The first kappa shape index (κ1) is 20.8. The molecule has 3 amide bonds. The summed E-state index contributed by atoms with van der Waals surface area (Å²) >= 11 is 0. The molecule has 0 spiro atoms. The average Bonchev–Trinajstić information content (AvgIpc) is 2.93. The maximum atomic E-state index is 12.5. The summed E-state index contributed by atoms with van der Waals surface area (Å²) in [6.07, 6.45) is 13.1. The third-order valence-corrected chi connectivity index (χ3v) is 7.91. The first-order valence-electron chi connectivity index (χ1n) is 12.3. The molecule has 1 aliphatic heterocycles. The number of amides is 3. The van der Waals surface area contributed by atoms with Crippen LogP contribution in [0, 0.1) is 17.8 Å². The summed E-state index contributed by atoms with van der Waals surface area (Å²) in [5.74, 6) is 4.41. The first-order valence-corrected chi connectivity index (χ1v) is 12.3. The molecule has 6 rings (SSSR count). The fraction of sp³-hybridized carbons (Fsp3) is 0.826. The Kier molecular flexibility index (Phi) is 5.89. The van der Waals surface area contributed by atoms with Crippen molar-refractivity contribution in [3.63, 3.8) is 0 Å². The van der Waals surface area contributed by atoms with Crippen LogP contribution in [-0.2, 0) is 24.2 Å². The molecule has 8 heteroatoms. The van der Waals surface area contributed by atoms with E-state index in [9.17, 15) is 9.59 Å². The van der Waals surface area contributed by atoms with Gasteiger partial charge < -0.3 is 20.5 Å². The molecule has 1 aromatic rings. The number of hydrogen-bond acceptors (Lipinski definition) is 4. The molecule has 4 saturated carbocycles. The van der Waals surface area contributed by atoms with Crippen molar-refractivity contribution >= 4 is 11.9 Å². The van der Waals surface area contributed by atoms with Gasteiger partial charge in [-0.1, -0.05) is 6.42 Å². The van der Waals surface area contributed by atoms with E-state index in [1.807, 2.05) is 0 Å². The lowest BCUT2D eigenvalue weighted by Crippen LogP contribution is -2.61. The predicted octanol–water partition coefficient (Wildman–Crippen LogP) is 2.32. The van der Waals surface area contributed by atoms with Crippen LogP contribution in [0.15, 0.2) is 0 Å². The third kappa shape index (κ3) is 4.72. The van der Waals surface area contributed by atoms with Gasteiger partial charge in [0.2, 0.25) is 5.91 Å². The van der Waals surface area contributed by atoms with Gasteiger partial charge >= 0.3 is 6.03 Å². The lowest BCUT2D eigenvalue weighted by Gasteiger charge is -2.56. The minimum Gasteiger partial charge on any atom is -0.356 e. The summed E-state index contributed by atoms with van der Waals surface area (Å²) in [4.78, 5) is 24.7. The zero-order valence-electron chi connectivity index (χ0n) is 18.5. The number of hydrogen-bond donors (Lipinski definition) is 3. The molecule has 0 atom stereocenters. The fourth-order valence-electron chi connectivity index (χ4n) is 6.97. The van der Waals surface area contributed by atoms with Crippen LogP contribution in [0.4, 0.5) is 4.79 Å². The minimum atomic E-state index is -0.110. The number of aromatic nitrogens is 3. The largest absolute Gasteiger partial charge is 0.356 e. The molecule has 4 bridgehead atoms. The van der Waals surface area contributed by atoms with Gasteiger partial charge in [0.1, 0.15) is 11.6 Å². The van der Waals surface area contributed by atoms with Crippen LogP contribution in [0.1, 0.15) is 75.9 Å². The quantitative estimate of drug-likeness (QED) is 0.620. The highest BCUT2D eigenvalue weighted by molar-refractivity contribution is 5.78. The average molecular weight is 429 g/mol. The van der Waals surface area contributed by atoms with E-state index in [1.165, 1.54) is 38.5 Å². The standard InChI is InChI=1S/C23H36N6O2/c30-21(24-7-5-20-28-27-19-4-2-1-3-9-29(19)20)6-8-25-22(31)26-23-13-16-10-17(14-23)12-18(11-16)15-23/h16-18H,1-15H2,(H,24,30)(H2,25,26,31). The molecule has 31 heavy (non-hydrogen) atoms. The summed E-state index contributed by atoms with van der Waals surface area (Å²) in [5.41, 5.74) is 0.0113. The molecule has 3 N–H and O–H groups in total. The Labute approximate surface area is 184 Å². The van der Waals surface area contributed by atoms with Crippen LogP contribution in [-0.4, -0.2) is 45.3 Å². The van der Waals surface area contributed by atoms with Crippen LogP contribution in [0.25, 0.3) is 0 Å². The minimum absolute atomic E-state index is 0.0113. The zero-order chi connectivity index (χ0) is 21.3. The van der Waals surface area contributed by atoms with Gasteiger partial charge in [-0.05, 0) is 69.1 Å². The van der Waals surface area contributed by atoms with Crippen molar-refractivity contribution < 1.29 is 9.59 Å². The second kappa shape index (κ2) is 8.79. The normalized spacial score (nSPS) is 31.0. The second-order valence-corrected chi connectivity index (χ2v) is 10.4. The Morgan fingerprint density at radius 2 is 1.68 bits per heavy atom. The van der Waals surface area contributed by atoms with Crippen molar-refractivity contribution in [1.29, 1.82) is 0 Å². The molecule has 2 heterocycles. The molecule has 0 aromatic carbocycles. The van der Waals surface area contributed by atoms with Gasteiger partial charge in [0.25, 0.3) is 0 Å². The van der Waals surface area contributed by atoms with E-state index in [1.54, 1.807) is 0 Å². The SMILES string of the molecule is O=C(CCNC(=O)NC12CC3CC(CC(C3)C1)C2)NCCc1nnc2n1CCCCC2. The maximum Gasteiger partial charge on any atom is 0.315 e. The molecular formula is C23H36N6O2. The fourth-order valence-corrected chi connectivity index (χ4v) is 6.97. The number of carbonyl (C=O) groups excluding carboxylic acids is 2. The van der Waals surface area contributed by atoms with Gasteiger partial charge in [0.05, 0.1) is 0 Å². The smallest absolute Gasteiger partial charge is 0.315 e. The molecular weight excluding hydrogens is 392 g/mol. The molecule has 4 fully saturated rings. The van der Waals surface area contributed by atoms with E-state index in [0.717, 1.165) is 61.6 Å². The van der Waals surface area contributed by atoms with E-state index >= 15 is 0 Å². The van der Waals surface area contributed by atoms with Gasteiger partial charge in [-0.25, -0.2) is 4.79 Å². The molecule has 4 aliphatic carbocycles. The molecule has 0 unspecified atom stereocenters. The van der Waals surface area contributed by atoms with Crippen LogP contribution >= 0.6 is 0 Å². The zero-order valence-corrected chi connectivity index (χ0v) is 18.5. The second-order valence-electron chi connectivity index (χ2n) is 10.4. The van der Waals surface area contributed by atoms with E-state index < -0.39 is 0 Å². The number of urea groups is 1. The van der Waals surface area contributed by atoms with Gasteiger partial charge in [0, 0.05) is 44.4 Å². The van der Waals surface area contributed by atoms with Crippen molar-refractivity contribution in [3.8, 4) is 0 Å². The van der Waals surface area contributed by atoms with Crippen molar-refractivity contribution in [2.24, 2.45) is 17.8 Å².